The fourth-order valence-corrected chi connectivity index (χ4v) is 6.23. The Kier molecular flexibility index (Phi) is 8.32. The van der Waals surface area contributed by atoms with Gasteiger partial charge in [0, 0.05) is 13.2 Å². The van der Waals surface area contributed by atoms with E-state index in [1.807, 2.05) is 18.2 Å². The number of benzene rings is 1. The molecule has 5 rings (SSSR count). The largest absolute Gasteiger partial charge is 0.489 e. The van der Waals surface area contributed by atoms with E-state index in [4.69, 9.17) is 14.0 Å². The molecule has 0 amide bonds. The highest BCUT2D eigenvalue weighted by Gasteiger charge is 2.29. The monoisotopic (exact) mass is 500 g/mol. The van der Waals surface area contributed by atoms with E-state index in [0.717, 1.165) is 95.0 Å². The molecule has 0 radical (unpaired) electrons. The molecular weight excluding hydrogens is 460 g/mol. The van der Waals surface area contributed by atoms with E-state index in [0.29, 0.717) is 35.8 Å². The summed E-state index contributed by atoms with van der Waals surface area (Å²) in [5.41, 5.74) is 0.680. The highest BCUT2D eigenvalue weighted by molar-refractivity contribution is 5.88. The van der Waals surface area contributed by atoms with Crippen molar-refractivity contribution >= 4 is 16.9 Å². The Morgan fingerprint density at radius 3 is 2.39 bits per heavy atom. The van der Waals surface area contributed by atoms with Crippen molar-refractivity contribution in [1.29, 1.82) is 0 Å². The van der Waals surface area contributed by atoms with Crippen LogP contribution in [0.5, 0.6) is 11.6 Å². The predicted molar refractivity (Wildman–Crippen MR) is 135 cm³/mol. The Balaban J connectivity index is 1.10. The Hall–Kier alpha value is -2.32. The van der Waals surface area contributed by atoms with Crippen LogP contribution in [0, 0.1) is 23.7 Å². The average molecular weight is 501 g/mol. The number of carbonyl (C=O) groups is 1. The van der Waals surface area contributed by atoms with Crippen molar-refractivity contribution in [3.63, 3.8) is 0 Å². The van der Waals surface area contributed by atoms with E-state index < -0.39 is 5.97 Å². The smallest absolute Gasteiger partial charge is 0.306 e. The van der Waals surface area contributed by atoms with Crippen LogP contribution in [0.2, 0.25) is 0 Å². The molecule has 3 fully saturated rings. The Morgan fingerprint density at radius 1 is 0.972 bits per heavy atom. The molecule has 2 saturated carbocycles. The summed E-state index contributed by atoms with van der Waals surface area (Å²) in [7, 11) is 0. The second-order valence-corrected chi connectivity index (χ2v) is 11.2. The van der Waals surface area contributed by atoms with Crippen LogP contribution >= 0.6 is 0 Å². The van der Waals surface area contributed by atoms with Crippen LogP contribution in [0.3, 0.4) is 0 Å². The zero-order valence-corrected chi connectivity index (χ0v) is 21.1. The Labute approximate surface area is 212 Å². The fourth-order valence-electron chi connectivity index (χ4n) is 6.23. The van der Waals surface area contributed by atoms with Gasteiger partial charge in [-0.15, -0.1) is 0 Å². The predicted octanol–water partition coefficient (Wildman–Crippen LogP) is 4.74. The lowest BCUT2D eigenvalue weighted by Crippen LogP contribution is -2.39. The first kappa shape index (κ1) is 25.3. The molecule has 2 N–H and O–H groups in total. The minimum atomic E-state index is -0.627. The van der Waals surface area contributed by atoms with Crippen LogP contribution in [-0.4, -0.2) is 65.2 Å². The average Bonchev–Trinajstić information content (AvgIpc) is 3.33. The van der Waals surface area contributed by atoms with Gasteiger partial charge in [0.1, 0.15) is 11.1 Å². The molecule has 0 unspecified atom stereocenters. The summed E-state index contributed by atoms with van der Waals surface area (Å²) in [5, 5.41) is 23.6. The van der Waals surface area contributed by atoms with E-state index in [9.17, 15) is 15.0 Å². The molecule has 0 spiro atoms. The summed E-state index contributed by atoms with van der Waals surface area (Å²) in [6, 6.07) is 5.79. The van der Waals surface area contributed by atoms with Gasteiger partial charge in [0.2, 0.25) is 0 Å². The number of aromatic nitrogens is 1. The van der Waals surface area contributed by atoms with Crippen molar-refractivity contribution in [2.24, 2.45) is 23.7 Å². The minimum Gasteiger partial charge on any atom is -0.489 e. The molecule has 8 nitrogen and oxygen atoms in total. The molecule has 2 heterocycles. The quantitative estimate of drug-likeness (QED) is 0.509. The number of carboxylic acid groups (broad SMARTS) is 1. The molecule has 1 saturated heterocycles. The Morgan fingerprint density at radius 2 is 1.69 bits per heavy atom. The second kappa shape index (κ2) is 11.8. The van der Waals surface area contributed by atoms with Crippen LogP contribution in [-0.2, 0) is 4.79 Å². The minimum absolute atomic E-state index is 0.135. The number of nitrogens with zero attached hydrogens (tertiary/aromatic N) is 2. The lowest BCUT2D eigenvalue weighted by Gasteiger charge is -2.36. The molecule has 1 aliphatic heterocycles. The molecule has 2 aliphatic carbocycles. The van der Waals surface area contributed by atoms with Crippen LogP contribution < -0.4 is 9.47 Å². The van der Waals surface area contributed by atoms with Gasteiger partial charge in [0.15, 0.2) is 5.58 Å². The van der Waals surface area contributed by atoms with Gasteiger partial charge < -0.3 is 29.1 Å². The van der Waals surface area contributed by atoms with Crippen molar-refractivity contribution in [1.82, 2.24) is 10.1 Å². The number of likely N-dealkylation sites (tertiary alicyclic amines) is 1. The van der Waals surface area contributed by atoms with Crippen LogP contribution in [0.4, 0.5) is 0 Å². The summed E-state index contributed by atoms with van der Waals surface area (Å²) in [6.45, 7) is 4.11. The van der Waals surface area contributed by atoms with E-state index in [-0.39, 0.29) is 18.6 Å². The molecule has 2 aromatic rings. The maximum atomic E-state index is 11.2. The van der Waals surface area contributed by atoms with Crippen molar-refractivity contribution in [2.45, 2.75) is 70.3 Å². The van der Waals surface area contributed by atoms with Gasteiger partial charge in [-0.05, 0) is 112 Å². The van der Waals surface area contributed by atoms with Gasteiger partial charge in [0.25, 0.3) is 5.88 Å². The summed E-state index contributed by atoms with van der Waals surface area (Å²) in [5.74, 6) is 2.03. The third-order valence-corrected chi connectivity index (χ3v) is 8.65. The molecule has 1 aromatic heterocycles. The van der Waals surface area contributed by atoms with Crippen molar-refractivity contribution in [3.8, 4) is 11.6 Å². The van der Waals surface area contributed by atoms with Crippen LogP contribution in [0.25, 0.3) is 11.0 Å². The molecule has 0 atom stereocenters. The number of hydrogen-bond donors (Lipinski definition) is 2. The number of carboxylic acids is 1. The zero-order chi connectivity index (χ0) is 24.9. The molecule has 1 aromatic carbocycles. The van der Waals surface area contributed by atoms with Crippen LogP contribution in [0.15, 0.2) is 22.7 Å². The first-order valence-corrected chi connectivity index (χ1v) is 13.8. The molecule has 8 heteroatoms. The Bertz CT molecular complexity index is 985. The first-order valence-electron chi connectivity index (χ1n) is 13.8. The van der Waals surface area contributed by atoms with Gasteiger partial charge in [-0.1, -0.05) is 6.07 Å². The van der Waals surface area contributed by atoms with Crippen molar-refractivity contribution in [3.05, 3.63) is 18.2 Å². The van der Waals surface area contributed by atoms with Gasteiger partial charge in [-0.2, -0.15) is 0 Å². The molecule has 3 aliphatic rings. The van der Waals surface area contributed by atoms with E-state index in [2.05, 4.69) is 10.1 Å². The number of aliphatic hydroxyl groups excluding tert-OH is 1. The lowest BCUT2D eigenvalue weighted by molar-refractivity contribution is -0.143. The fraction of sp³-hybridized carbons (Fsp3) is 0.714. The third-order valence-electron chi connectivity index (χ3n) is 8.65. The topological polar surface area (TPSA) is 105 Å². The number of aliphatic carboxylic acids is 1. The number of ether oxygens (including phenoxy) is 2. The molecule has 198 valence electrons. The summed E-state index contributed by atoms with van der Waals surface area (Å²) < 4.78 is 18.1. The van der Waals surface area contributed by atoms with Gasteiger partial charge in [-0.25, -0.2) is 0 Å². The van der Waals surface area contributed by atoms with Crippen molar-refractivity contribution < 1.29 is 29.0 Å². The molecule has 0 bridgehead atoms. The molecule has 36 heavy (non-hydrogen) atoms. The van der Waals surface area contributed by atoms with Gasteiger partial charge >= 0.3 is 5.97 Å². The third kappa shape index (κ3) is 6.14. The molecular formula is C28H40N2O6. The number of aliphatic hydroxyl groups is 1. The number of hydrogen-bond acceptors (Lipinski definition) is 7. The SMILES string of the molecule is O=C(O)[C@H]1CC[C@H](CN2CCC(COc3noc4cccc(O[C@H]5CC[C@@H](CO)CC5)c34)CC2)CC1. The highest BCUT2D eigenvalue weighted by Crippen LogP contribution is 2.37. The highest BCUT2D eigenvalue weighted by atomic mass is 16.5. The van der Waals surface area contributed by atoms with Crippen molar-refractivity contribution in [2.75, 3.05) is 32.8 Å². The lowest BCUT2D eigenvalue weighted by atomic mass is 9.81. The maximum absolute atomic E-state index is 11.2. The van der Waals surface area contributed by atoms with E-state index >= 15 is 0 Å². The summed E-state index contributed by atoms with van der Waals surface area (Å²) in [4.78, 5) is 13.7. The summed E-state index contributed by atoms with van der Waals surface area (Å²) >= 11 is 0. The number of fused-ring (bicyclic) bond motifs is 1. The van der Waals surface area contributed by atoms with Gasteiger partial charge in [-0.3, -0.25) is 4.79 Å². The summed E-state index contributed by atoms with van der Waals surface area (Å²) in [6.07, 6.45) is 9.93. The van der Waals surface area contributed by atoms with E-state index in [1.54, 1.807) is 0 Å². The van der Waals surface area contributed by atoms with Crippen LogP contribution in [0.1, 0.15) is 64.2 Å². The maximum Gasteiger partial charge on any atom is 0.306 e. The van der Waals surface area contributed by atoms with E-state index in [1.165, 1.54) is 0 Å². The zero-order valence-electron chi connectivity index (χ0n) is 21.1. The second-order valence-electron chi connectivity index (χ2n) is 11.2. The number of rotatable bonds is 9. The van der Waals surface area contributed by atoms with Gasteiger partial charge in [0.05, 0.1) is 18.6 Å². The number of piperidine rings is 1. The standard InChI is InChI=1S/C28H40N2O6/c31-17-20-6-10-23(11-7-20)35-24-2-1-3-25-26(24)27(29-36-25)34-18-21-12-14-30(15-13-21)16-19-4-8-22(9-5-19)28(32)33/h1-3,19-23,31H,4-18H2,(H,32,33)/t19-,20-,22-,23+. The normalized spacial score (nSPS) is 28.2. The first-order chi connectivity index (χ1) is 17.6.